The van der Waals surface area contributed by atoms with Gasteiger partial charge in [-0.25, -0.2) is 4.79 Å². The van der Waals surface area contributed by atoms with E-state index in [2.05, 4.69) is 83.4 Å². The number of nitrogens with zero attached hydrogens (tertiary/aromatic N) is 1. The van der Waals surface area contributed by atoms with Crippen molar-refractivity contribution in [1.29, 1.82) is 0 Å². The molecule has 37 nitrogen and oxygen atoms in total. The van der Waals surface area contributed by atoms with Crippen LogP contribution >= 0.6 is 25.3 Å². The summed E-state index contributed by atoms with van der Waals surface area (Å²) >= 11 is 8.16. The molecule has 39 heteroatoms. The van der Waals surface area contributed by atoms with Crippen LogP contribution in [0.1, 0.15) is 70.4 Å². The summed E-state index contributed by atoms with van der Waals surface area (Å²) in [7, 11) is 0. The first-order valence-corrected chi connectivity index (χ1v) is 30.0. The number of hydrogen-bond acceptors (Lipinski definition) is 23. The number of primary amides is 3. The molecule has 0 unspecified atom stereocenters. The second-order valence-electron chi connectivity index (χ2n) is 21.5. The van der Waals surface area contributed by atoms with Crippen LogP contribution in [0.25, 0.3) is 0 Å². The molecule has 0 aliphatic heterocycles. The summed E-state index contributed by atoms with van der Waals surface area (Å²) in [5.41, 5.74) is 34.0. The van der Waals surface area contributed by atoms with E-state index >= 15 is 0 Å². The number of thiol groups is 2. The van der Waals surface area contributed by atoms with Gasteiger partial charge in [0.05, 0.1) is 37.2 Å². The van der Waals surface area contributed by atoms with Crippen molar-refractivity contribution >= 4 is 114 Å². The summed E-state index contributed by atoms with van der Waals surface area (Å²) < 4.78 is 0. The van der Waals surface area contributed by atoms with Gasteiger partial charge in [-0.1, -0.05) is 24.3 Å². The minimum Gasteiger partial charge on any atom is -0.508 e. The van der Waals surface area contributed by atoms with Crippen LogP contribution in [0.4, 0.5) is 0 Å². The van der Waals surface area contributed by atoms with Crippen molar-refractivity contribution in [2.45, 2.75) is 157 Å². The molecule has 0 saturated carbocycles. The van der Waals surface area contributed by atoms with Crippen LogP contribution in [-0.2, 0) is 80.0 Å². The zero-order valence-corrected chi connectivity index (χ0v) is 53.0. The second-order valence-corrected chi connectivity index (χ2v) is 22.2. The Balaban J connectivity index is 2.39. The van der Waals surface area contributed by atoms with Gasteiger partial charge < -0.3 is 118 Å². The van der Waals surface area contributed by atoms with Crippen LogP contribution in [-0.4, -0.2) is 222 Å². The Hall–Kier alpha value is -9.57. The van der Waals surface area contributed by atoms with E-state index < -0.39 is 205 Å². The highest BCUT2D eigenvalue weighted by Gasteiger charge is 2.39. The standard InChI is InChI=1S/C55H83N17O20S2/c1-23(73)41(52(89)64-32(14-15-38(57)78)45(82)65-33(19-39(58)79)47(84)72-43(25(3)75)53(90)69-37(22-94)50(87)67-35(54(91)92)18-27-8-12-29(77)13-9-27)70-46(83)31(5-4-16-62-55(60)61)63-51(88)42(24(2)74)71-48(85)34(20-40(59)80)66-49(86)36(21-93)68-44(81)30(56)17-26-6-10-28(76)11-7-26/h6-13,23-25,30-37,41-43,73-77,93-94H,4-5,14-22,56H2,1-3H3,(H2,57,78)(H2,58,79)(H2,59,80)(H,63,88)(H,64,89)(H,65,82)(H,66,86)(H,67,87)(H,68,81)(H,69,90)(H,70,83)(H,71,85)(H,72,84)(H,91,92)(H4,60,61,62)/t23-,24-,25-,30+,31+,32+,33+,34+,35+,36+,37+,41+,42+,43+/m1/s1. The van der Waals surface area contributed by atoms with Gasteiger partial charge in [-0.05, 0) is 81.8 Å². The first-order valence-electron chi connectivity index (χ1n) is 28.7. The zero-order chi connectivity index (χ0) is 71.3. The number of guanidine groups is 1. The van der Waals surface area contributed by atoms with E-state index in [-0.39, 0.29) is 49.0 Å². The zero-order valence-electron chi connectivity index (χ0n) is 51.2. The van der Waals surface area contributed by atoms with E-state index in [1.54, 1.807) is 0 Å². The minimum absolute atomic E-state index is 0.0333. The number of nitrogens with two attached hydrogens (primary N) is 6. The number of aromatic hydroxyl groups is 2. The van der Waals surface area contributed by atoms with Crippen molar-refractivity contribution in [3.05, 3.63) is 59.7 Å². The average molecular weight is 1370 g/mol. The number of phenolic OH excluding ortho intramolecular Hbond substituents is 2. The third-order valence-electron chi connectivity index (χ3n) is 13.5. The van der Waals surface area contributed by atoms with Crippen LogP contribution in [0, 0.1) is 0 Å². The number of carbonyl (C=O) groups is 14. The molecule has 520 valence electrons. The van der Waals surface area contributed by atoms with Gasteiger partial charge in [-0.2, -0.15) is 25.3 Å². The number of hydrogen-bond donors (Lipinski definition) is 24. The SMILES string of the molecule is C[C@@H](O)[C@H](NC(=O)[C@H](CC(N)=O)NC(=O)[C@H](CCC(N)=O)NC(=O)[C@@H](NC(=O)[C@H](CCCN=C(N)N)NC(=O)[C@@H](NC(=O)[C@H](CC(N)=O)NC(=O)[C@H](CS)NC(=O)[C@@H](N)Cc1ccc(O)cc1)[C@@H](C)O)[C@@H](C)O)C(=O)N[C@@H](CS)C(=O)N[C@@H](Cc1ccc(O)cc1)C(=O)O. The molecule has 0 fully saturated rings. The Morgan fingerprint density at radius 2 is 0.745 bits per heavy atom. The van der Waals surface area contributed by atoms with Crippen LogP contribution in [0.3, 0.4) is 0 Å². The Labute approximate surface area is 548 Å². The van der Waals surface area contributed by atoms with Gasteiger partial charge in [0, 0.05) is 30.9 Å². The van der Waals surface area contributed by atoms with Gasteiger partial charge in [-0.15, -0.1) is 0 Å². The summed E-state index contributed by atoms with van der Waals surface area (Å²) in [6, 6.07) is -8.49. The Bertz CT molecular complexity index is 3030. The Morgan fingerprint density at radius 3 is 1.10 bits per heavy atom. The van der Waals surface area contributed by atoms with Crippen molar-refractivity contribution in [2.24, 2.45) is 39.4 Å². The van der Waals surface area contributed by atoms with Gasteiger partial charge in [0.25, 0.3) is 0 Å². The normalized spacial score (nSPS) is 15.5. The highest BCUT2D eigenvalue weighted by atomic mass is 32.1. The number of carbonyl (C=O) groups excluding carboxylic acids is 13. The van der Waals surface area contributed by atoms with Crippen LogP contribution < -0.4 is 87.6 Å². The highest BCUT2D eigenvalue weighted by molar-refractivity contribution is 7.80. The predicted octanol–water partition coefficient (Wildman–Crippen LogP) is -9.79. The highest BCUT2D eigenvalue weighted by Crippen LogP contribution is 2.14. The van der Waals surface area contributed by atoms with E-state index in [1.807, 2.05) is 0 Å². The van der Waals surface area contributed by atoms with Crippen molar-refractivity contribution in [3.8, 4) is 11.5 Å². The number of nitrogens with one attached hydrogen (secondary N) is 10. The monoisotopic (exact) mass is 1370 g/mol. The van der Waals surface area contributed by atoms with E-state index in [4.69, 9.17) is 34.4 Å². The molecule has 2 aromatic carbocycles. The Kier molecular flexibility index (Phi) is 34.0. The molecule has 2 aromatic rings. The fourth-order valence-corrected chi connectivity index (χ4v) is 8.96. The smallest absolute Gasteiger partial charge is 0.326 e. The third-order valence-corrected chi connectivity index (χ3v) is 14.2. The molecule has 13 amide bonds. The maximum Gasteiger partial charge on any atom is 0.326 e. The molecule has 0 saturated heterocycles. The molecular weight excluding hydrogens is 1280 g/mol. The van der Waals surface area contributed by atoms with Crippen LogP contribution in [0.15, 0.2) is 53.5 Å². The molecule has 28 N–H and O–H groups in total. The number of aliphatic imine (C=N–C) groups is 1. The summed E-state index contributed by atoms with van der Waals surface area (Å²) in [5, 5.41) is 83.4. The number of aliphatic hydroxyl groups excluding tert-OH is 3. The molecule has 0 spiro atoms. The van der Waals surface area contributed by atoms with E-state index in [1.165, 1.54) is 48.5 Å². The van der Waals surface area contributed by atoms with E-state index in [9.17, 15) is 97.8 Å². The molecular formula is C55H83N17O20S2. The summed E-state index contributed by atoms with van der Waals surface area (Å²) in [5.74, 6) is -18.6. The molecule has 14 atom stereocenters. The summed E-state index contributed by atoms with van der Waals surface area (Å²) in [6.07, 6.45) is -9.61. The molecule has 0 aromatic heterocycles. The number of rotatable bonds is 41. The lowest BCUT2D eigenvalue weighted by molar-refractivity contribution is -0.142. The fraction of sp³-hybridized carbons (Fsp3) is 0.509. The van der Waals surface area contributed by atoms with Crippen molar-refractivity contribution in [3.63, 3.8) is 0 Å². The average Bonchev–Trinajstić information content (AvgIpc) is 0.883. The number of aliphatic carboxylic acids is 1. The van der Waals surface area contributed by atoms with Crippen LogP contribution in [0.5, 0.6) is 11.5 Å². The number of carboxylic acid groups (broad SMARTS) is 1. The molecule has 0 heterocycles. The second kappa shape index (κ2) is 39.7. The first-order chi connectivity index (χ1) is 44.0. The molecule has 0 bridgehead atoms. The third kappa shape index (κ3) is 28.5. The van der Waals surface area contributed by atoms with E-state index in [0.29, 0.717) is 11.1 Å². The van der Waals surface area contributed by atoms with Crippen molar-refractivity contribution in [1.82, 2.24) is 53.2 Å². The topological polar surface area (TPSA) is 649 Å². The summed E-state index contributed by atoms with van der Waals surface area (Å²) in [6.45, 7) is 2.86. The van der Waals surface area contributed by atoms with Crippen molar-refractivity contribution in [2.75, 3.05) is 18.1 Å². The van der Waals surface area contributed by atoms with Gasteiger partial charge in [0.15, 0.2) is 5.96 Å². The Morgan fingerprint density at radius 1 is 0.426 bits per heavy atom. The number of benzene rings is 2. The largest absolute Gasteiger partial charge is 0.508 e. The van der Waals surface area contributed by atoms with E-state index in [0.717, 1.165) is 20.8 Å². The lowest BCUT2D eigenvalue weighted by Crippen LogP contribution is -2.63. The van der Waals surface area contributed by atoms with Gasteiger partial charge in [-0.3, -0.25) is 67.3 Å². The molecule has 0 aliphatic carbocycles. The fourth-order valence-electron chi connectivity index (χ4n) is 8.44. The predicted molar refractivity (Wildman–Crippen MR) is 337 cm³/mol. The number of phenols is 2. The summed E-state index contributed by atoms with van der Waals surface area (Å²) in [4.78, 5) is 190. The first kappa shape index (κ1) is 80.5. The molecule has 2 rings (SSSR count). The van der Waals surface area contributed by atoms with Gasteiger partial charge in [0.1, 0.15) is 71.9 Å². The number of aliphatic hydroxyl groups is 3. The lowest BCUT2D eigenvalue weighted by Gasteiger charge is -2.29. The van der Waals surface area contributed by atoms with Crippen molar-refractivity contribution < 1.29 is 97.8 Å². The number of amides is 13. The van der Waals surface area contributed by atoms with Gasteiger partial charge >= 0.3 is 5.97 Å². The minimum atomic E-state index is -2.08. The molecule has 0 radical (unpaired) electrons. The maximum atomic E-state index is 14.2. The van der Waals surface area contributed by atoms with Gasteiger partial charge in [0.2, 0.25) is 76.8 Å². The lowest BCUT2D eigenvalue weighted by atomic mass is 10.0. The molecule has 94 heavy (non-hydrogen) atoms. The number of carboxylic acids is 1. The quantitative estimate of drug-likeness (QED) is 0.0127. The molecule has 0 aliphatic rings. The maximum absolute atomic E-state index is 14.2. The van der Waals surface area contributed by atoms with Crippen LogP contribution in [0.2, 0.25) is 0 Å².